The molecule has 1 aromatic carbocycles. The van der Waals surface area contributed by atoms with Gasteiger partial charge >= 0.3 is 0 Å². The van der Waals surface area contributed by atoms with Gasteiger partial charge in [-0.25, -0.2) is 4.39 Å². The lowest BCUT2D eigenvalue weighted by Gasteiger charge is -2.35. The van der Waals surface area contributed by atoms with Gasteiger partial charge in [0.25, 0.3) is 0 Å². The molecule has 1 saturated heterocycles. The van der Waals surface area contributed by atoms with E-state index < -0.39 is 0 Å². The number of rotatable bonds is 3. The minimum atomic E-state index is -0.204. The van der Waals surface area contributed by atoms with Crippen LogP contribution in [0.1, 0.15) is 12.0 Å². The summed E-state index contributed by atoms with van der Waals surface area (Å²) in [6.45, 7) is 2.14. The molecule has 0 radical (unpaired) electrons. The second-order valence-electron chi connectivity index (χ2n) is 5.04. The number of hydrogen-bond acceptors (Lipinski definition) is 3. The summed E-state index contributed by atoms with van der Waals surface area (Å²) in [5.74, 6) is 0.248. The fraction of sp³-hybridized carbons (Fsp3) is 0.500. The zero-order chi connectivity index (χ0) is 13.0. The summed E-state index contributed by atoms with van der Waals surface area (Å²) in [5, 5.41) is 8.74. The lowest BCUT2D eigenvalue weighted by atomic mass is 9.89. The number of nitrogens with zero attached hydrogens (tertiary/aromatic N) is 2. The van der Waals surface area contributed by atoms with Gasteiger partial charge in [-0.3, -0.25) is 4.90 Å². The van der Waals surface area contributed by atoms with Gasteiger partial charge in [-0.15, -0.1) is 0 Å². The Balaban J connectivity index is 1.96. The smallest absolute Gasteiger partial charge is 0.123 e. The van der Waals surface area contributed by atoms with Crippen LogP contribution in [-0.2, 0) is 6.42 Å². The summed E-state index contributed by atoms with van der Waals surface area (Å²) >= 11 is 0. The van der Waals surface area contributed by atoms with E-state index in [0.717, 1.165) is 31.5 Å². The molecule has 1 aromatic rings. The third kappa shape index (κ3) is 3.52. The zero-order valence-corrected chi connectivity index (χ0v) is 10.3. The first-order valence-corrected chi connectivity index (χ1v) is 6.26. The molecule has 0 aliphatic carbocycles. The third-order valence-corrected chi connectivity index (χ3v) is 3.38. The molecule has 2 rings (SSSR count). The van der Waals surface area contributed by atoms with Crippen LogP contribution < -0.4 is 5.73 Å². The Morgan fingerprint density at radius 1 is 1.33 bits per heavy atom. The summed E-state index contributed by atoms with van der Waals surface area (Å²) in [6, 6.07) is 8.94. The van der Waals surface area contributed by atoms with Gasteiger partial charge in [0, 0.05) is 19.1 Å². The first-order valence-electron chi connectivity index (χ1n) is 6.26. The number of nitrogens with two attached hydrogens (primary N) is 1. The summed E-state index contributed by atoms with van der Waals surface area (Å²) < 4.78 is 12.8. The molecule has 1 heterocycles. The van der Waals surface area contributed by atoms with Crippen molar-refractivity contribution in [2.24, 2.45) is 11.7 Å². The third-order valence-electron chi connectivity index (χ3n) is 3.38. The van der Waals surface area contributed by atoms with Gasteiger partial charge in [0.05, 0.1) is 12.6 Å². The topological polar surface area (TPSA) is 53.0 Å². The number of halogens is 1. The van der Waals surface area contributed by atoms with Crippen LogP contribution in [0.25, 0.3) is 0 Å². The minimum absolute atomic E-state index is 0.137. The highest BCUT2D eigenvalue weighted by molar-refractivity contribution is 5.17. The maximum atomic E-state index is 12.8. The largest absolute Gasteiger partial charge is 0.327 e. The van der Waals surface area contributed by atoms with Crippen LogP contribution in [0.15, 0.2) is 24.3 Å². The van der Waals surface area contributed by atoms with Crippen molar-refractivity contribution in [3.05, 3.63) is 35.6 Å². The van der Waals surface area contributed by atoms with Crippen molar-refractivity contribution in [3.63, 3.8) is 0 Å². The molecule has 1 fully saturated rings. The predicted molar refractivity (Wildman–Crippen MR) is 68.2 cm³/mol. The SMILES string of the molecule is N#CCN1CC(N)CC(Cc2ccc(F)cc2)C1. The van der Waals surface area contributed by atoms with Crippen molar-refractivity contribution in [3.8, 4) is 6.07 Å². The summed E-state index contributed by atoms with van der Waals surface area (Å²) in [7, 11) is 0. The average molecular weight is 247 g/mol. The standard InChI is InChI=1S/C14H18FN3/c15-13-3-1-11(2-4-13)7-12-8-14(17)10-18(9-12)6-5-16/h1-4,12,14H,6-10,17H2. The second-order valence-corrected chi connectivity index (χ2v) is 5.04. The van der Waals surface area contributed by atoms with Crippen LogP contribution in [0, 0.1) is 23.1 Å². The average Bonchev–Trinajstić information content (AvgIpc) is 2.32. The molecule has 4 heteroatoms. The highest BCUT2D eigenvalue weighted by Crippen LogP contribution is 2.20. The van der Waals surface area contributed by atoms with Crippen LogP contribution in [0.4, 0.5) is 4.39 Å². The van der Waals surface area contributed by atoms with Crippen molar-refractivity contribution >= 4 is 0 Å². The lowest BCUT2D eigenvalue weighted by Crippen LogP contribution is -2.47. The molecular formula is C14H18FN3. The molecule has 96 valence electrons. The zero-order valence-electron chi connectivity index (χ0n) is 10.3. The first kappa shape index (κ1) is 13.0. The quantitative estimate of drug-likeness (QED) is 0.824. The second kappa shape index (κ2) is 5.94. The first-order chi connectivity index (χ1) is 8.67. The Labute approximate surface area is 107 Å². The molecule has 0 amide bonds. The van der Waals surface area contributed by atoms with E-state index in [4.69, 9.17) is 11.0 Å². The Morgan fingerprint density at radius 3 is 2.72 bits per heavy atom. The molecule has 0 aromatic heterocycles. The van der Waals surface area contributed by atoms with Crippen molar-refractivity contribution in [2.75, 3.05) is 19.6 Å². The van der Waals surface area contributed by atoms with E-state index in [2.05, 4.69) is 11.0 Å². The molecule has 18 heavy (non-hydrogen) atoms. The molecule has 3 nitrogen and oxygen atoms in total. The molecule has 0 bridgehead atoms. The molecule has 2 unspecified atom stereocenters. The normalized spacial score (nSPS) is 24.7. The number of benzene rings is 1. The van der Waals surface area contributed by atoms with Gasteiger partial charge in [0.2, 0.25) is 0 Å². The van der Waals surface area contributed by atoms with E-state index in [0.29, 0.717) is 12.5 Å². The molecule has 2 N–H and O–H groups in total. The molecule has 1 aliphatic rings. The van der Waals surface area contributed by atoms with Gasteiger partial charge in [-0.1, -0.05) is 12.1 Å². The van der Waals surface area contributed by atoms with Crippen LogP contribution in [0.2, 0.25) is 0 Å². The van der Waals surface area contributed by atoms with Gasteiger partial charge < -0.3 is 5.73 Å². The molecule has 1 aliphatic heterocycles. The molecule has 0 saturated carbocycles. The van der Waals surface area contributed by atoms with E-state index >= 15 is 0 Å². The number of nitriles is 1. The summed E-state index contributed by atoms with van der Waals surface area (Å²) in [4.78, 5) is 2.10. The van der Waals surface area contributed by atoms with Crippen molar-refractivity contribution in [2.45, 2.75) is 18.9 Å². The predicted octanol–water partition coefficient (Wildman–Crippen LogP) is 1.54. The monoisotopic (exact) mass is 247 g/mol. The van der Waals surface area contributed by atoms with Gasteiger partial charge in [-0.2, -0.15) is 5.26 Å². The van der Waals surface area contributed by atoms with E-state index in [-0.39, 0.29) is 11.9 Å². The maximum Gasteiger partial charge on any atom is 0.123 e. The summed E-state index contributed by atoms with van der Waals surface area (Å²) in [6.07, 6.45) is 1.87. The van der Waals surface area contributed by atoms with Crippen molar-refractivity contribution in [1.29, 1.82) is 5.26 Å². The Hall–Kier alpha value is -1.44. The van der Waals surface area contributed by atoms with Crippen LogP contribution in [0.3, 0.4) is 0 Å². The fourth-order valence-electron chi connectivity index (χ4n) is 2.68. The van der Waals surface area contributed by atoms with Gasteiger partial charge in [0.1, 0.15) is 5.82 Å². The van der Waals surface area contributed by atoms with Crippen molar-refractivity contribution in [1.82, 2.24) is 4.90 Å². The van der Waals surface area contributed by atoms with E-state index in [1.165, 1.54) is 12.1 Å². The van der Waals surface area contributed by atoms with Crippen LogP contribution in [0.5, 0.6) is 0 Å². The Kier molecular flexibility index (Phi) is 4.29. The van der Waals surface area contributed by atoms with Crippen LogP contribution in [-0.4, -0.2) is 30.6 Å². The van der Waals surface area contributed by atoms with E-state index in [1.54, 1.807) is 0 Å². The lowest BCUT2D eigenvalue weighted by molar-refractivity contribution is 0.172. The highest BCUT2D eigenvalue weighted by Gasteiger charge is 2.24. The molecule has 0 spiro atoms. The summed E-state index contributed by atoms with van der Waals surface area (Å²) in [5.41, 5.74) is 7.14. The molecular weight excluding hydrogens is 229 g/mol. The number of piperidine rings is 1. The minimum Gasteiger partial charge on any atom is -0.327 e. The fourth-order valence-corrected chi connectivity index (χ4v) is 2.68. The van der Waals surface area contributed by atoms with Crippen LogP contribution >= 0.6 is 0 Å². The van der Waals surface area contributed by atoms with E-state index in [1.807, 2.05) is 12.1 Å². The van der Waals surface area contributed by atoms with Gasteiger partial charge in [-0.05, 0) is 36.5 Å². The highest BCUT2D eigenvalue weighted by atomic mass is 19.1. The maximum absolute atomic E-state index is 12.8. The molecule has 2 atom stereocenters. The van der Waals surface area contributed by atoms with Crippen molar-refractivity contribution < 1.29 is 4.39 Å². The number of hydrogen-bond donors (Lipinski definition) is 1. The Bertz CT molecular complexity index is 424. The number of likely N-dealkylation sites (tertiary alicyclic amines) is 1. The van der Waals surface area contributed by atoms with E-state index in [9.17, 15) is 4.39 Å². The van der Waals surface area contributed by atoms with Gasteiger partial charge in [0.15, 0.2) is 0 Å². The Morgan fingerprint density at radius 2 is 2.06 bits per heavy atom.